The molecule has 35 heavy (non-hydrogen) atoms. The highest BCUT2D eigenvalue weighted by Gasteiger charge is 2.22. The number of anilines is 3. The fourth-order valence-electron chi connectivity index (χ4n) is 3.15. The maximum Gasteiger partial charge on any atom is 0.273 e. The molecule has 11 heteroatoms. The van der Waals surface area contributed by atoms with Gasteiger partial charge in [-0.05, 0) is 72.1 Å². The van der Waals surface area contributed by atoms with Crippen molar-refractivity contribution in [3.05, 3.63) is 102 Å². The van der Waals surface area contributed by atoms with Crippen molar-refractivity contribution in [3.8, 4) is 0 Å². The smallest absolute Gasteiger partial charge is 0.273 e. The Morgan fingerprint density at radius 1 is 0.771 bits per heavy atom. The van der Waals surface area contributed by atoms with Crippen molar-refractivity contribution in [1.82, 2.24) is 0 Å². The maximum absolute atomic E-state index is 12.7. The van der Waals surface area contributed by atoms with Crippen molar-refractivity contribution >= 4 is 54.4 Å². The van der Waals surface area contributed by atoms with Gasteiger partial charge in [0.1, 0.15) is 4.21 Å². The lowest BCUT2D eigenvalue weighted by molar-refractivity contribution is 0.102. The van der Waals surface area contributed by atoms with Crippen LogP contribution in [-0.4, -0.2) is 29.8 Å². The second-order valence-electron chi connectivity index (χ2n) is 7.40. The first-order valence-corrected chi connectivity index (χ1v) is 14.1. The van der Waals surface area contributed by atoms with E-state index >= 15 is 0 Å². The Labute approximate surface area is 208 Å². The Kier molecular flexibility index (Phi) is 6.92. The lowest BCUT2D eigenvalue weighted by Gasteiger charge is -2.18. The number of sulfonamides is 2. The number of para-hydroxylation sites is 1. The number of thiophene rings is 1. The van der Waals surface area contributed by atoms with Gasteiger partial charge in [0, 0.05) is 24.0 Å². The summed E-state index contributed by atoms with van der Waals surface area (Å²) < 4.78 is 54.3. The summed E-state index contributed by atoms with van der Waals surface area (Å²) in [5.41, 5.74) is 1.59. The number of carbonyl (C=O) groups is 1. The molecule has 0 radical (unpaired) electrons. The second kappa shape index (κ2) is 9.90. The molecular weight excluding hydrogens is 506 g/mol. The van der Waals surface area contributed by atoms with Crippen molar-refractivity contribution < 1.29 is 21.6 Å². The molecule has 0 aliphatic heterocycles. The molecule has 0 unspecified atom stereocenters. The number of amides is 1. The van der Waals surface area contributed by atoms with E-state index in [2.05, 4.69) is 10.0 Å². The molecular formula is C24H21N3O5S3. The van der Waals surface area contributed by atoms with Crippen LogP contribution < -0.4 is 14.3 Å². The molecule has 1 aromatic heterocycles. The van der Waals surface area contributed by atoms with E-state index in [-0.39, 0.29) is 9.10 Å². The monoisotopic (exact) mass is 527 g/mol. The van der Waals surface area contributed by atoms with Gasteiger partial charge in [-0.2, -0.15) is 0 Å². The zero-order chi connectivity index (χ0) is 25.1. The average Bonchev–Trinajstić information content (AvgIpc) is 3.40. The van der Waals surface area contributed by atoms with Crippen LogP contribution in [0.25, 0.3) is 0 Å². The van der Waals surface area contributed by atoms with Gasteiger partial charge in [0.2, 0.25) is 0 Å². The molecule has 0 aliphatic rings. The van der Waals surface area contributed by atoms with Gasteiger partial charge in [-0.1, -0.05) is 24.3 Å². The van der Waals surface area contributed by atoms with Gasteiger partial charge in [0.05, 0.1) is 10.6 Å². The number of nitrogens with zero attached hydrogens (tertiary/aromatic N) is 1. The van der Waals surface area contributed by atoms with E-state index in [1.165, 1.54) is 49.5 Å². The van der Waals surface area contributed by atoms with Gasteiger partial charge >= 0.3 is 0 Å². The van der Waals surface area contributed by atoms with E-state index in [0.717, 1.165) is 15.6 Å². The molecule has 1 heterocycles. The summed E-state index contributed by atoms with van der Waals surface area (Å²) in [6.07, 6.45) is 0. The van der Waals surface area contributed by atoms with E-state index < -0.39 is 26.0 Å². The van der Waals surface area contributed by atoms with E-state index in [1.807, 2.05) is 0 Å². The zero-order valence-corrected chi connectivity index (χ0v) is 20.9. The van der Waals surface area contributed by atoms with Crippen molar-refractivity contribution in [1.29, 1.82) is 0 Å². The fraction of sp³-hybridized carbons (Fsp3) is 0.0417. The van der Waals surface area contributed by atoms with Crippen LogP contribution >= 0.6 is 11.3 Å². The van der Waals surface area contributed by atoms with Crippen LogP contribution in [-0.2, 0) is 20.0 Å². The standard InChI is InChI=1S/C24H21N3O5S3/c1-27(35(31,32)23-8-5-17-33-23)21-13-9-18(10-14-21)24(28)25-19-11-15-22(16-12-19)34(29,30)26-20-6-3-2-4-7-20/h2-17,26H,1H3,(H,25,28). The number of hydrogen-bond acceptors (Lipinski definition) is 6. The van der Waals surface area contributed by atoms with E-state index in [9.17, 15) is 21.6 Å². The molecule has 4 aromatic rings. The van der Waals surface area contributed by atoms with Crippen LogP contribution in [0.2, 0.25) is 0 Å². The first-order chi connectivity index (χ1) is 16.7. The summed E-state index contributed by atoms with van der Waals surface area (Å²) in [6.45, 7) is 0. The topological polar surface area (TPSA) is 113 Å². The van der Waals surface area contributed by atoms with E-state index in [4.69, 9.17) is 0 Å². The predicted molar refractivity (Wildman–Crippen MR) is 138 cm³/mol. The number of carbonyl (C=O) groups excluding carboxylic acids is 1. The first-order valence-electron chi connectivity index (χ1n) is 10.3. The lowest BCUT2D eigenvalue weighted by atomic mass is 10.2. The summed E-state index contributed by atoms with van der Waals surface area (Å²) in [7, 11) is -5.99. The molecule has 0 saturated heterocycles. The van der Waals surface area contributed by atoms with Crippen LogP contribution in [0.5, 0.6) is 0 Å². The molecule has 1 amide bonds. The van der Waals surface area contributed by atoms with Gasteiger partial charge in [0.15, 0.2) is 0 Å². The molecule has 2 N–H and O–H groups in total. The number of benzene rings is 3. The Bertz CT molecular complexity index is 1520. The second-order valence-corrected chi connectivity index (χ2v) is 12.2. The third-order valence-electron chi connectivity index (χ3n) is 5.05. The quantitative estimate of drug-likeness (QED) is 0.347. The molecule has 4 rings (SSSR count). The van der Waals surface area contributed by atoms with Crippen molar-refractivity contribution in [2.24, 2.45) is 0 Å². The molecule has 0 atom stereocenters. The summed E-state index contributed by atoms with van der Waals surface area (Å²) in [5, 5.41) is 4.39. The molecule has 180 valence electrons. The largest absolute Gasteiger partial charge is 0.322 e. The summed E-state index contributed by atoms with van der Waals surface area (Å²) in [5.74, 6) is -0.418. The predicted octanol–water partition coefficient (Wildman–Crippen LogP) is 4.63. The molecule has 8 nitrogen and oxygen atoms in total. The van der Waals surface area contributed by atoms with Gasteiger partial charge in [-0.25, -0.2) is 16.8 Å². The number of nitrogens with one attached hydrogen (secondary N) is 2. The van der Waals surface area contributed by atoms with Gasteiger partial charge in [-0.15, -0.1) is 11.3 Å². The van der Waals surface area contributed by atoms with Crippen molar-refractivity contribution in [3.63, 3.8) is 0 Å². The fourth-order valence-corrected chi connectivity index (χ4v) is 6.56. The highest BCUT2D eigenvalue weighted by Crippen LogP contribution is 2.25. The average molecular weight is 528 g/mol. The van der Waals surface area contributed by atoms with Gasteiger partial charge in [0.25, 0.3) is 26.0 Å². The molecule has 3 aromatic carbocycles. The van der Waals surface area contributed by atoms with E-state index in [1.54, 1.807) is 53.9 Å². The molecule has 0 fully saturated rings. The first kappa shape index (κ1) is 24.5. The molecule has 0 aliphatic carbocycles. The SMILES string of the molecule is CN(c1ccc(C(=O)Nc2ccc(S(=O)(=O)Nc3ccccc3)cc2)cc1)S(=O)(=O)c1cccs1. The summed E-state index contributed by atoms with van der Waals surface area (Å²) in [4.78, 5) is 12.7. The van der Waals surface area contributed by atoms with Gasteiger partial charge in [-0.3, -0.25) is 13.8 Å². The van der Waals surface area contributed by atoms with E-state index in [0.29, 0.717) is 22.6 Å². The normalized spacial score (nSPS) is 11.6. The minimum Gasteiger partial charge on any atom is -0.322 e. The van der Waals surface area contributed by atoms with Crippen molar-refractivity contribution in [2.75, 3.05) is 21.4 Å². The number of hydrogen-bond donors (Lipinski definition) is 2. The summed E-state index contributed by atoms with van der Waals surface area (Å²) in [6, 6.07) is 23.6. The molecule has 0 spiro atoms. The molecule has 0 bridgehead atoms. The summed E-state index contributed by atoms with van der Waals surface area (Å²) >= 11 is 1.13. The van der Waals surface area contributed by atoms with Crippen molar-refractivity contribution in [2.45, 2.75) is 9.10 Å². The zero-order valence-electron chi connectivity index (χ0n) is 18.5. The van der Waals surface area contributed by atoms with Crippen LogP contribution in [0.4, 0.5) is 17.1 Å². The Morgan fingerprint density at radius 2 is 1.43 bits per heavy atom. The Hall–Kier alpha value is -3.67. The third-order valence-corrected chi connectivity index (χ3v) is 9.61. The Morgan fingerprint density at radius 3 is 2.03 bits per heavy atom. The molecule has 0 saturated carbocycles. The Balaban J connectivity index is 1.42. The van der Waals surface area contributed by atoms with Crippen LogP contribution in [0, 0.1) is 0 Å². The highest BCUT2D eigenvalue weighted by molar-refractivity contribution is 7.94. The van der Waals surface area contributed by atoms with Gasteiger partial charge < -0.3 is 5.32 Å². The number of rotatable bonds is 8. The third kappa shape index (κ3) is 5.53. The minimum absolute atomic E-state index is 0.0543. The van der Waals surface area contributed by atoms with Crippen LogP contribution in [0.15, 0.2) is 105 Å². The highest BCUT2D eigenvalue weighted by atomic mass is 32.2. The maximum atomic E-state index is 12.7. The lowest BCUT2D eigenvalue weighted by Crippen LogP contribution is -2.25. The minimum atomic E-state index is -3.77. The van der Waals surface area contributed by atoms with Crippen LogP contribution in [0.1, 0.15) is 10.4 Å². The van der Waals surface area contributed by atoms with Crippen LogP contribution in [0.3, 0.4) is 0 Å².